The fraction of sp³-hybridized carbons (Fsp3) is 0.200. The Balaban J connectivity index is 1.63. The molecular weight excluding hydrogens is 378 g/mol. The number of thioether (sulfide) groups is 1. The van der Waals surface area contributed by atoms with Gasteiger partial charge in [0.05, 0.1) is 17.9 Å². The minimum absolute atomic E-state index is 0.0755. The van der Waals surface area contributed by atoms with Gasteiger partial charge in [-0.2, -0.15) is 0 Å². The molecule has 0 aliphatic rings. The van der Waals surface area contributed by atoms with Crippen molar-refractivity contribution >= 4 is 29.1 Å². The molecule has 0 aliphatic heterocycles. The van der Waals surface area contributed by atoms with Crippen LogP contribution in [0.3, 0.4) is 0 Å². The van der Waals surface area contributed by atoms with Gasteiger partial charge in [0.25, 0.3) is 5.22 Å². The summed E-state index contributed by atoms with van der Waals surface area (Å²) in [5.41, 5.74) is 1.94. The Bertz CT molecular complexity index is 970. The molecule has 7 nitrogen and oxygen atoms in total. The molecule has 28 heavy (non-hydrogen) atoms. The van der Waals surface area contributed by atoms with Gasteiger partial charge in [0, 0.05) is 18.2 Å². The van der Waals surface area contributed by atoms with Gasteiger partial charge in [-0.25, -0.2) is 0 Å². The zero-order valence-corrected chi connectivity index (χ0v) is 16.3. The normalized spacial score (nSPS) is 10.5. The Kier molecular flexibility index (Phi) is 6.44. The van der Waals surface area contributed by atoms with Gasteiger partial charge in [-0.3, -0.25) is 9.59 Å². The lowest BCUT2D eigenvalue weighted by Crippen LogP contribution is -2.06. The molecule has 0 unspecified atom stereocenters. The predicted molar refractivity (Wildman–Crippen MR) is 107 cm³/mol. The fourth-order valence-electron chi connectivity index (χ4n) is 2.47. The largest absolute Gasteiger partial charge is 0.493 e. The summed E-state index contributed by atoms with van der Waals surface area (Å²) in [7, 11) is 0. The van der Waals surface area contributed by atoms with Crippen LogP contribution in [0.1, 0.15) is 24.2 Å². The Morgan fingerprint density at radius 1 is 1.11 bits per heavy atom. The molecule has 1 N–H and O–H groups in total. The number of nitrogens with zero attached hydrogens (tertiary/aromatic N) is 2. The SMILES string of the molecule is CCOc1ccccc1C(=O)CSc1nnc(-c2ccc(NC(C)=O)cc2)o1. The average molecular weight is 397 g/mol. The van der Waals surface area contributed by atoms with E-state index in [0.717, 1.165) is 5.56 Å². The minimum Gasteiger partial charge on any atom is -0.493 e. The first-order valence-electron chi connectivity index (χ1n) is 8.66. The topological polar surface area (TPSA) is 94.3 Å². The number of ether oxygens (including phenoxy) is 1. The van der Waals surface area contributed by atoms with Crippen molar-refractivity contribution in [3.05, 3.63) is 54.1 Å². The zero-order valence-electron chi connectivity index (χ0n) is 15.5. The van der Waals surface area contributed by atoms with Gasteiger partial charge < -0.3 is 14.5 Å². The second-order valence-corrected chi connectivity index (χ2v) is 6.70. The Morgan fingerprint density at radius 2 is 1.86 bits per heavy atom. The van der Waals surface area contributed by atoms with Crippen LogP contribution in [0.25, 0.3) is 11.5 Å². The van der Waals surface area contributed by atoms with Gasteiger partial charge in [0.1, 0.15) is 5.75 Å². The van der Waals surface area contributed by atoms with Crippen LogP contribution in [-0.4, -0.2) is 34.2 Å². The van der Waals surface area contributed by atoms with Crippen LogP contribution in [0.5, 0.6) is 5.75 Å². The number of ketones is 1. The molecule has 3 aromatic rings. The molecule has 0 saturated carbocycles. The van der Waals surface area contributed by atoms with E-state index in [0.29, 0.717) is 34.7 Å². The van der Waals surface area contributed by atoms with Crippen molar-refractivity contribution in [1.82, 2.24) is 10.2 Å². The van der Waals surface area contributed by atoms with E-state index in [1.807, 2.05) is 13.0 Å². The molecule has 0 aliphatic carbocycles. The summed E-state index contributed by atoms with van der Waals surface area (Å²) in [6.45, 7) is 3.81. The monoisotopic (exact) mass is 397 g/mol. The maximum absolute atomic E-state index is 12.5. The fourth-order valence-corrected chi connectivity index (χ4v) is 3.11. The number of aromatic nitrogens is 2. The number of hydrogen-bond donors (Lipinski definition) is 1. The molecule has 144 valence electrons. The quantitative estimate of drug-likeness (QED) is 0.452. The number of carbonyl (C=O) groups excluding carboxylic acids is 2. The van der Waals surface area contributed by atoms with E-state index in [-0.39, 0.29) is 17.4 Å². The first-order chi connectivity index (χ1) is 13.6. The van der Waals surface area contributed by atoms with E-state index in [2.05, 4.69) is 15.5 Å². The molecule has 0 bridgehead atoms. The van der Waals surface area contributed by atoms with Crippen LogP contribution in [0.4, 0.5) is 5.69 Å². The zero-order chi connectivity index (χ0) is 19.9. The molecule has 0 spiro atoms. The van der Waals surface area contributed by atoms with Gasteiger partial charge in [0.15, 0.2) is 5.78 Å². The van der Waals surface area contributed by atoms with Gasteiger partial charge in [-0.05, 0) is 43.3 Å². The molecule has 3 rings (SSSR count). The number of anilines is 1. The van der Waals surface area contributed by atoms with Crippen LogP contribution < -0.4 is 10.1 Å². The lowest BCUT2D eigenvalue weighted by molar-refractivity contribution is -0.114. The average Bonchev–Trinajstić information content (AvgIpc) is 3.16. The van der Waals surface area contributed by atoms with E-state index < -0.39 is 0 Å². The van der Waals surface area contributed by atoms with Gasteiger partial charge in [-0.15, -0.1) is 10.2 Å². The summed E-state index contributed by atoms with van der Waals surface area (Å²) >= 11 is 1.17. The van der Waals surface area contributed by atoms with E-state index in [9.17, 15) is 9.59 Å². The van der Waals surface area contributed by atoms with Crippen LogP contribution in [0.2, 0.25) is 0 Å². The third-order valence-electron chi connectivity index (χ3n) is 3.67. The first kappa shape index (κ1) is 19.6. The summed E-state index contributed by atoms with van der Waals surface area (Å²) in [6.07, 6.45) is 0. The number of rotatable bonds is 8. The summed E-state index contributed by atoms with van der Waals surface area (Å²) in [5.74, 6) is 0.862. The number of benzene rings is 2. The maximum atomic E-state index is 12.5. The van der Waals surface area contributed by atoms with Crippen LogP contribution in [0, 0.1) is 0 Å². The van der Waals surface area contributed by atoms with Crippen LogP contribution in [-0.2, 0) is 4.79 Å². The summed E-state index contributed by atoms with van der Waals surface area (Å²) in [6, 6.07) is 14.2. The lowest BCUT2D eigenvalue weighted by Gasteiger charge is -2.08. The van der Waals surface area contributed by atoms with Crippen LogP contribution in [0.15, 0.2) is 58.2 Å². The number of amides is 1. The van der Waals surface area contributed by atoms with E-state index in [1.54, 1.807) is 42.5 Å². The highest BCUT2D eigenvalue weighted by Gasteiger charge is 2.15. The first-order valence-corrected chi connectivity index (χ1v) is 9.64. The molecule has 8 heteroatoms. The number of Topliss-reactive ketones (excluding diaryl/α,β-unsaturated/α-hetero) is 1. The molecule has 1 amide bonds. The van der Waals surface area contributed by atoms with Crippen molar-refractivity contribution in [2.45, 2.75) is 19.1 Å². The van der Waals surface area contributed by atoms with Crippen molar-refractivity contribution in [2.24, 2.45) is 0 Å². The third-order valence-corrected chi connectivity index (χ3v) is 4.49. The number of carbonyl (C=O) groups is 2. The van der Waals surface area contributed by atoms with Crippen molar-refractivity contribution in [1.29, 1.82) is 0 Å². The standard InChI is InChI=1S/C20H19N3O4S/c1-3-26-18-7-5-4-6-16(18)17(25)12-28-20-23-22-19(27-20)14-8-10-15(11-9-14)21-13(2)24/h4-11H,3,12H2,1-2H3,(H,21,24). The molecule has 1 heterocycles. The van der Waals surface area contributed by atoms with E-state index in [4.69, 9.17) is 9.15 Å². The molecule has 0 fully saturated rings. The highest BCUT2D eigenvalue weighted by atomic mass is 32.2. The lowest BCUT2D eigenvalue weighted by atomic mass is 10.1. The van der Waals surface area contributed by atoms with Crippen molar-refractivity contribution in [2.75, 3.05) is 17.7 Å². The third kappa shape index (κ3) is 4.98. The molecule has 1 aromatic heterocycles. The minimum atomic E-state index is -0.139. The van der Waals surface area contributed by atoms with Crippen molar-refractivity contribution in [3.63, 3.8) is 0 Å². The number of nitrogens with one attached hydrogen (secondary N) is 1. The number of para-hydroxylation sites is 1. The molecule has 0 saturated heterocycles. The molecule has 0 atom stereocenters. The summed E-state index contributed by atoms with van der Waals surface area (Å²) in [4.78, 5) is 23.6. The van der Waals surface area contributed by atoms with Crippen molar-refractivity contribution < 1.29 is 18.7 Å². The smallest absolute Gasteiger partial charge is 0.277 e. The predicted octanol–water partition coefficient (Wildman–Crippen LogP) is 4.07. The van der Waals surface area contributed by atoms with E-state index in [1.165, 1.54) is 18.7 Å². The van der Waals surface area contributed by atoms with Gasteiger partial charge in [-0.1, -0.05) is 23.9 Å². The second kappa shape index (κ2) is 9.18. The van der Waals surface area contributed by atoms with Gasteiger partial charge in [0.2, 0.25) is 11.8 Å². The Morgan fingerprint density at radius 3 is 2.57 bits per heavy atom. The highest BCUT2D eigenvalue weighted by molar-refractivity contribution is 7.99. The van der Waals surface area contributed by atoms with Crippen LogP contribution >= 0.6 is 11.8 Å². The summed E-state index contributed by atoms with van der Waals surface area (Å²) < 4.78 is 11.1. The second-order valence-electron chi connectivity index (χ2n) is 5.77. The highest BCUT2D eigenvalue weighted by Crippen LogP contribution is 2.26. The van der Waals surface area contributed by atoms with Crippen molar-refractivity contribution in [3.8, 4) is 17.2 Å². The Hall–Kier alpha value is -3.13. The van der Waals surface area contributed by atoms with E-state index >= 15 is 0 Å². The molecule has 2 aromatic carbocycles. The number of hydrogen-bond acceptors (Lipinski definition) is 7. The molecule has 0 radical (unpaired) electrons. The maximum Gasteiger partial charge on any atom is 0.277 e. The van der Waals surface area contributed by atoms with Gasteiger partial charge >= 0.3 is 0 Å². The Labute approximate surface area is 166 Å². The summed E-state index contributed by atoms with van der Waals surface area (Å²) in [5, 5.41) is 11.0. The molecular formula is C20H19N3O4S.